The summed E-state index contributed by atoms with van der Waals surface area (Å²) in [4.78, 5) is 0. The zero-order valence-corrected chi connectivity index (χ0v) is 9.89. The van der Waals surface area contributed by atoms with Gasteiger partial charge in [0, 0.05) is 5.56 Å². The molecular weight excluding hydrogens is 205 g/mol. The Kier molecular flexibility index (Phi) is 2.54. The van der Waals surface area contributed by atoms with Crippen molar-refractivity contribution < 1.29 is 8.91 Å². The van der Waals surface area contributed by atoms with Crippen LogP contribution in [0, 0.1) is 33.5 Å². The van der Waals surface area contributed by atoms with E-state index in [4.69, 9.17) is 4.52 Å². The van der Waals surface area contributed by atoms with Gasteiger partial charge in [0.2, 0.25) is 0 Å². The normalized spacial score (nSPS) is 10.8. The first kappa shape index (κ1) is 10.9. The van der Waals surface area contributed by atoms with E-state index < -0.39 is 0 Å². The molecule has 0 spiro atoms. The quantitative estimate of drug-likeness (QED) is 0.730. The number of aryl methyl sites for hydroxylation is 3. The van der Waals surface area contributed by atoms with Gasteiger partial charge in [0.1, 0.15) is 11.6 Å². The smallest absolute Gasteiger partial charge is 0.141 e. The first-order valence-electron chi connectivity index (χ1n) is 5.20. The van der Waals surface area contributed by atoms with Crippen molar-refractivity contribution in [1.29, 1.82) is 0 Å². The minimum atomic E-state index is -0.185. The maximum atomic E-state index is 13.6. The average molecular weight is 219 g/mol. The summed E-state index contributed by atoms with van der Waals surface area (Å²) in [6.07, 6.45) is 0. The molecular formula is C13H14FNO. The van der Waals surface area contributed by atoms with Crippen LogP contribution in [0.4, 0.5) is 4.39 Å². The lowest BCUT2D eigenvalue weighted by Crippen LogP contribution is -1.91. The van der Waals surface area contributed by atoms with Gasteiger partial charge < -0.3 is 4.52 Å². The molecule has 1 aromatic carbocycles. The number of halogens is 1. The monoisotopic (exact) mass is 219 g/mol. The second-order valence-corrected chi connectivity index (χ2v) is 4.10. The summed E-state index contributed by atoms with van der Waals surface area (Å²) in [5.74, 6) is 0.537. The molecule has 1 aromatic heterocycles. The zero-order chi connectivity index (χ0) is 11.9. The summed E-state index contributed by atoms with van der Waals surface area (Å²) in [5.41, 5.74) is 4.14. The van der Waals surface area contributed by atoms with Crippen molar-refractivity contribution >= 4 is 0 Å². The van der Waals surface area contributed by atoms with Crippen LogP contribution in [-0.2, 0) is 0 Å². The van der Waals surface area contributed by atoms with Crippen molar-refractivity contribution in [1.82, 2.24) is 5.16 Å². The molecule has 0 N–H and O–H groups in total. The van der Waals surface area contributed by atoms with Crippen LogP contribution in [0.3, 0.4) is 0 Å². The predicted octanol–water partition coefficient (Wildman–Crippen LogP) is 3.71. The maximum Gasteiger partial charge on any atom is 0.141 e. The lowest BCUT2D eigenvalue weighted by Gasteiger charge is -2.06. The second kappa shape index (κ2) is 3.74. The number of nitrogens with zero attached hydrogens (tertiary/aromatic N) is 1. The number of rotatable bonds is 1. The molecule has 0 radical (unpaired) electrons. The van der Waals surface area contributed by atoms with Crippen LogP contribution >= 0.6 is 0 Å². The van der Waals surface area contributed by atoms with Crippen molar-refractivity contribution in [2.24, 2.45) is 0 Å². The Hall–Kier alpha value is -1.64. The van der Waals surface area contributed by atoms with E-state index in [-0.39, 0.29) is 5.82 Å². The van der Waals surface area contributed by atoms with Crippen LogP contribution in [0.2, 0.25) is 0 Å². The zero-order valence-electron chi connectivity index (χ0n) is 9.89. The first-order chi connectivity index (χ1) is 7.50. The van der Waals surface area contributed by atoms with Crippen molar-refractivity contribution in [3.8, 4) is 11.1 Å². The van der Waals surface area contributed by atoms with Crippen LogP contribution < -0.4 is 0 Å². The van der Waals surface area contributed by atoms with Crippen molar-refractivity contribution in [3.63, 3.8) is 0 Å². The van der Waals surface area contributed by atoms with E-state index in [0.29, 0.717) is 5.56 Å². The molecule has 1 heterocycles. The molecule has 0 fully saturated rings. The Morgan fingerprint density at radius 1 is 1.12 bits per heavy atom. The number of benzene rings is 1. The molecule has 0 aliphatic rings. The number of hydrogen-bond acceptors (Lipinski definition) is 2. The van der Waals surface area contributed by atoms with E-state index in [1.807, 2.05) is 26.8 Å². The molecule has 0 aliphatic heterocycles. The maximum absolute atomic E-state index is 13.6. The minimum Gasteiger partial charge on any atom is -0.361 e. The van der Waals surface area contributed by atoms with Crippen molar-refractivity contribution in [2.75, 3.05) is 0 Å². The fourth-order valence-electron chi connectivity index (χ4n) is 1.86. The van der Waals surface area contributed by atoms with E-state index >= 15 is 0 Å². The largest absolute Gasteiger partial charge is 0.361 e. The molecule has 2 aromatic rings. The fourth-order valence-corrected chi connectivity index (χ4v) is 1.86. The molecule has 0 saturated heterocycles. The Morgan fingerprint density at radius 3 is 2.31 bits per heavy atom. The molecule has 0 atom stereocenters. The standard InChI is InChI=1S/C13H14FNO/c1-7-5-11(6-12(14)8(7)2)13-9(3)15-16-10(13)4/h5-6H,1-4H3. The molecule has 0 saturated carbocycles. The highest BCUT2D eigenvalue weighted by molar-refractivity contribution is 5.68. The predicted molar refractivity (Wildman–Crippen MR) is 60.8 cm³/mol. The summed E-state index contributed by atoms with van der Waals surface area (Å²) in [7, 11) is 0. The highest BCUT2D eigenvalue weighted by Gasteiger charge is 2.13. The van der Waals surface area contributed by atoms with E-state index in [9.17, 15) is 4.39 Å². The van der Waals surface area contributed by atoms with Crippen molar-refractivity contribution in [2.45, 2.75) is 27.7 Å². The van der Waals surface area contributed by atoms with E-state index in [2.05, 4.69) is 5.16 Å². The third-order valence-corrected chi connectivity index (χ3v) is 2.93. The van der Waals surface area contributed by atoms with E-state index in [1.54, 1.807) is 6.92 Å². The van der Waals surface area contributed by atoms with Crippen LogP contribution in [0.1, 0.15) is 22.6 Å². The van der Waals surface area contributed by atoms with Gasteiger partial charge in [-0.1, -0.05) is 11.2 Å². The van der Waals surface area contributed by atoms with Gasteiger partial charge in [0.05, 0.1) is 5.69 Å². The Balaban J connectivity index is 2.66. The molecule has 84 valence electrons. The summed E-state index contributed by atoms with van der Waals surface area (Å²) in [6.45, 7) is 7.38. The van der Waals surface area contributed by atoms with Crippen molar-refractivity contribution in [3.05, 3.63) is 40.5 Å². The Morgan fingerprint density at radius 2 is 1.81 bits per heavy atom. The molecule has 16 heavy (non-hydrogen) atoms. The number of hydrogen-bond donors (Lipinski definition) is 0. The summed E-state index contributed by atoms with van der Waals surface area (Å²) >= 11 is 0. The van der Waals surface area contributed by atoms with E-state index in [0.717, 1.165) is 28.1 Å². The minimum absolute atomic E-state index is 0.185. The summed E-state index contributed by atoms with van der Waals surface area (Å²) < 4.78 is 18.7. The highest BCUT2D eigenvalue weighted by atomic mass is 19.1. The molecule has 0 unspecified atom stereocenters. The van der Waals surface area contributed by atoms with Crippen LogP contribution in [0.25, 0.3) is 11.1 Å². The topological polar surface area (TPSA) is 26.0 Å². The molecule has 0 amide bonds. The van der Waals surface area contributed by atoms with Crippen LogP contribution in [-0.4, -0.2) is 5.16 Å². The molecule has 0 bridgehead atoms. The van der Waals surface area contributed by atoms with Gasteiger partial charge in [-0.25, -0.2) is 4.39 Å². The third kappa shape index (κ3) is 1.62. The van der Waals surface area contributed by atoms with Gasteiger partial charge in [-0.05, 0) is 50.5 Å². The van der Waals surface area contributed by atoms with Gasteiger partial charge in [0.25, 0.3) is 0 Å². The fraction of sp³-hybridized carbons (Fsp3) is 0.308. The lowest BCUT2D eigenvalue weighted by atomic mass is 9.99. The third-order valence-electron chi connectivity index (χ3n) is 2.93. The van der Waals surface area contributed by atoms with Crippen LogP contribution in [0.15, 0.2) is 16.7 Å². The highest BCUT2D eigenvalue weighted by Crippen LogP contribution is 2.29. The first-order valence-corrected chi connectivity index (χ1v) is 5.20. The van der Waals surface area contributed by atoms with Gasteiger partial charge >= 0.3 is 0 Å². The molecule has 3 heteroatoms. The molecule has 2 nitrogen and oxygen atoms in total. The van der Waals surface area contributed by atoms with Gasteiger partial charge in [-0.3, -0.25) is 0 Å². The van der Waals surface area contributed by atoms with E-state index in [1.165, 1.54) is 6.07 Å². The van der Waals surface area contributed by atoms with Gasteiger partial charge in [-0.2, -0.15) is 0 Å². The summed E-state index contributed by atoms with van der Waals surface area (Å²) in [6, 6.07) is 3.50. The Bertz CT molecular complexity index is 500. The SMILES string of the molecule is Cc1cc(-c2c(C)noc2C)cc(F)c1C. The summed E-state index contributed by atoms with van der Waals surface area (Å²) in [5, 5.41) is 3.88. The Labute approximate surface area is 94.1 Å². The number of aromatic nitrogens is 1. The second-order valence-electron chi connectivity index (χ2n) is 4.10. The van der Waals surface area contributed by atoms with Gasteiger partial charge in [0.15, 0.2) is 0 Å². The molecule has 0 aliphatic carbocycles. The lowest BCUT2D eigenvalue weighted by molar-refractivity contribution is 0.393. The average Bonchev–Trinajstić information content (AvgIpc) is 2.54. The molecule has 2 rings (SSSR count). The van der Waals surface area contributed by atoms with Crippen LogP contribution in [0.5, 0.6) is 0 Å². The van der Waals surface area contributed by atoms with Gasteiger partial charge in [-0.15, -0.1) is 0 Å².